The molecule has 0 aromatic heterocycles. The first-order valence-electron chi connectivity index (χ1n) is 7.86. The van der Waals surface area contributed by atoms with Crippen LogP contribution in [0.2, 0.25) is 5.02 Å². The number of carbonyl (C=O) groups excluding carboxylic acids is 1. The zero-order chi connectivity index (χ0) is 17.5. The monoisotopic (exact) mass is 363 g/mol. The van der Waals surface area contributed by atoms with E-state index in [2.05, 4.69) is 18.3 Å². The number of benzene rings is 2. The van der Waals surface area contributed by atoms with E-state index < -0.39 is 0 Å². The van der Waals surface area contributed by atoms with Crippen LogP contribution in [-0.2, 0) is 4.79 Å². The lowest BCUT2D eigenvalue weighted by molar-refractivity contribution is -0.120. The third-order valence-corrected chi connectivity index (χ3v) is 5.07. The fourth-order valence-corrected chi connectivity index (χ4v) is 3.15. The molecular weight excluding hydrogens is 342 g/mol. The Morgan fingerprint density at radius 1 is 1.21 bits per heavy atom. The molecule has 2 aromatic carbocycles. The fourth-order valence-electron chi connectivity index (χ4n) is 2.13. The average Bonchev–Trinajstić information content (AvgIpc) is 2.57. The van der Waals surface area contributed by atoms with Crippen molar-refractivity contribution in [1.82, 2.24) is 5.32 Å². The molecule has 0 aliphatic heterocycles. The minimum Gasteiger partial charge on any atom is -0.491 e. The van der Waals surface area contributed by atoms with Gasteiger partial charge in [-0.3, -0.25) is 4.79 Å². The number of hydrogen-bond acceptors (Lipinski definition) is 3. The van der Waals surface area contributed by atoms with Gasteiger partial charge >= 0.3 is 0 Å². The zero-order valence-corrected chi connectivity index (χ0v) is 15.7. The van der Waals surface area contributed by atoms with E-state index in [1.165, 1.54) is 17.3 Å². The third-order valence-electron chi connectivity index (χ3n) is 3.71. The number of thioether (sulfide) groups is 1. The van der Waals surface area contributed by atoms with Gasteiger partial charge in [-0.2, -0.15) is 0 Å². The second-order valence-electron chi connectivity index (χ2n) is 5.55. The Morgan fingerprint density at radius 3 is 2.62 bits per heavy atom. The molecule has 5 heteroatoms. The average molecular weight is 364 g/mol. The first-order valence-corrected chi connectivity index (χ1v) is 9.12. The van der Waals surface area contributed by atoms with E-state index in [9.17, 15) is 4.79 Å². The second-order valence-corrected chi connectivity index (χ2v) is 7.40. The zero-order valence-electron chi connectivity index (χ0n) is 14.1. The van der Waals surface area contributed by atoms with Crippen molar-refractivity contribution in [2.45, 2.75) is 30.9 Å². The Hall–Kier alpha value is -1.65. The topological polar surface area (TPSA) is 38.3 Å². The lowest BCUT2D eigenvalue weighted by atomic mass is 10.1. The molecule has 1 atom stereocenters. The van der Waals surface area contributed by atoms with Gasteiger partial charge in [0, 0.05) is 9.92 Å². The molecule has 1 N–H and O–H groups in total. The third kappa shape index (κ3) is 5.46. The van der Waals surface area contributed by atoms with Crippen molar-refractivity contribution in [3.63, 3.8) is 0 Å². The maximum Gasteiger partial charge on any atom is 0.233 e. The second kappa shape index (κ2) is 9.00. The minimum absolute atomic E-state index is 0.000450. The molecule has 0 fully saturated rings. The van der Waals surface area contributed by atoms with E-state index in [1.54, 1.807) is 0 Å². The highest BCUT2D eigenvalue weighted by molar-refractivity contribution is 8.00. The molecular formula is C19H22ClNO2S. The summed E-state index contributed by atoms with van der Waals surface area (Å²) in [6.07, 6.45) is 0. The lowest BCUT2D eigenvalue weighted by Crippen LogP contribution is -2.34. The molecule has 24 heavy (non-hydrogen) atoms. The fraction of sp³-hybridized carbons (Fsp3) is 0.316. The van der Waals surface area contributed by atoms with Gasteiger partial charge in [0.25, 0.3) is 0 Å². The number of nitrogens with one attached hydrogen (secondary N) is 1. The van der Waals surface area contributed by atoms with Crippen molar-refractivity contribution >= 4 is 29.3 Å². The molecule has 0 radical (unpaired) electrons. The van der Waals surface area contributed by atoms with Crippen molar-refractivity contribution in [1.29, 1.82) is 0 Å². The van der Waals surface area contributed by atoms with Crippen molar-refractivity contribution < 1.29 is 9.53 Å². The predicted molar refractivity (Wildman–Crippen MR) is 101 cm³/mol. The number of aryl methyl sites for hydroxylation is 1. The molecule has 128 valence electrons. The summed E-state index contributed by atoms with van der Waals surface area (Å²) in [5.41, 5.74) is 2.33. The van der Waals surface area contributed by atoms with Gasteiger partial charge < -0.3 is 10.1 Å². The number of hydrogen-bond donors (Lipinski definition) is 1. The molecule has 3 nitrogen and oxygen atoms in total. The highest BCUT2D eigenvalue weighted by Gasteiger charge is 2.13. The summed E-state index contributed by atoms with van der Waals surface area (Å²) >= 11 is 7.37. The van der Waals surface area contributed by atoms with Crippen molar-refractivity contribution in [3.8, 4) is 5.75 Å². The summed E-state index contributed by atoms with van der Waals surface area (Å²) in [6, 6.07) is 13.5. The van der Waals surface area contributed by atoms with Gasteiger partial charge in [0.1, 0.15) is 12.4 Å². The van der Waals surface area contributed by atoms with E-state index in [0.29, 0.717) is 18.2 Å². The van der Waals surface area contributed by atoms with Crippen LogP contribution in [0.5, 0.6) is 5.75 Å². The maximum atomic E-state index is 12.1. The van der Waals surface area contributed by atoms with E-state index in [1.807, 2.05) is 50.2 Å². The first kappa shape index (κ1) is 18.7. The van der Waals surface area contributed by atoms with Crippen LogP contribution in [0.1, 0.15) is 18.1 Å². The summed E-state index contributed by atoms with van der Waals surface area (Å²) in [4.78, 5) is 13.2. The SMILES string of the molecule is Cc1cccc(OCCNC(=O)[C@H](C)Sc2ccc(Cl)cc2)c1C. The van der Waals surface area contributed by atoms with Crippen molar-refractivity contribution in [3.05, 3.63) is 58.6 Å². The van der Waals surface area contributed by atoms with Gasteiger partial charge in [-0.15, -0.1) is 11.8 Å². The molecule has 0 aliphatic rings. The Bertz CT molecular complexity index is 688. The summed E-state index contributed by atoms with van der Waals surface area (Å²) in [5, 5.41) is 3.43. The van der Waals surface area contributed by atoms with Crippen LogP contribution in [0, 0.1) is 13.8 Å². The molecule has 0 aliphatic carbocycles. The molecule has 0 bridgehead atoms. The summed E-state index contributed by atoms with van der Waals surface area (Å²) in [5.74, 6) is 0.868. The number of ether oxygens (including phenoxy) is 1. The van der Waals surface area contributed by atoms with Crippen LogP contribution < -0.4 is 10.1 Å². The van der Waals surface area contributed by atoms with E-state index in [4.69, 9.17) is 16.3 Å². The van der Waals surface area contributed by atoms with Crippen LogP contribution in [0.4, 0.5) is 0 Å². The summed E-state index contributed by atoms with van der Waals surface area (Å²) < 4.78 is 5.74. The molecule has 2 rings (SSSR count). The van der Waals surface area contributed by atoms with Crippen LogP contribution in [0.3, 0.4) is 0 Å². The summed E-state index contributed by atoms with van der Waals surface area (Å²) in [6.45, 7) is 6.92. The van der Waals surface area contributed by atoms with E-state index in [0.717, 1.165) is 16.2 Å². The number of halogens is 1. The maximum absolute atomic E-state index is 12.1. The van der Waals surface area contributed by atoms with Crippen LogP contribution in [-0.4, -0.2) is 24.3 Å². The standard InChI is InChI=1S/C19H22ClNO2S/c1-13-5-4-6-18(14(13)2)23-12-11-21-19(22)15(3)24-17-9-7-16(20)8-10-17/h4-10,15H,11-12H2,1-3H3,(H,21,22)/t15-/m0/s1. The van der Waals surface area contributed by atoms with Crippen molar-refractivity contribution in [2.24, 2.45) is 0 Å². The Kier molecular flexibility index (Phi) is 7.00. The van der Waals surface area contributed by atoms with Gasteiger partial charge in [0.15, 0.2) is 0 Å². The molecule has 0 saturated heterocycles. The molecule has 1 amide bonds. The van der Waals surface area contributed by atoms with E-state index >= 15 is 0 Å². The number of amides is 1. The van der Waals surface area contributed by atoms with Crippen molar-refractivity contribution in [2.75, 3.05) is 13.2 Å². The van der Waals surface area contributed by atoms with Crippen LogP contribution in [0.15, 0.2) is 47.4 Å². The van der Waals surface area contributed by atoms with Gasteiger partial charge in [-0.25, -0.2) is 0 Å². The minimum atomic E-state index is -0.174. The Labute approximate surface area is 152 Å². The Morgan fingerprint density at radius 2 is 1.92 bits per heavy atom. The first-order chi connectivity index (χ1) is 11.5. The molecule has 0 saturated carbocycles. The highest BCUT2D eigenvalue weighted by atomic mass is 35.5. The highest BCUT2D eigenvalue weighted by Crippen LogP contribution is 2.24. The van der Waals surface area contributed by atoms with E-state index in [-0.39, 0.29) is 11.2 Å². The quantitative estimate of drug-likeness (QED) is 0.575. The van der Waals surface area contributed by atoms with Crippen LogP contribution >= 0.6 is 23.4 Å². The van der Waals surface area contributed by atoms with Gasteiger partial charge in [-0.05, 0) is 62.2 Å². The smallest absolute Gasteiger partial charge is 0.233 e. The largest absolute Gasteiger partial charge is 0.491 e. The van der Waals surface area contributed by atoms with Gasteiger partial charge in [0.2, 0.25) is 5.91 Å². The van der Waals surface area contributed by atoms with Gasteiger partial charge in [-0.1, -0.05) is 23.7 Å². The summed E-state index contributed by atoms with van der Waals surface area (Å²) in [7, 11) is 0. The van der Waals surface area contributed by atoms with Gasteiger partial charge in [0.05, 0.1) is 11.8 Å². The molecule has 0 heterocycles. The van der Waals surface area contributed by atoms with Crippen LogP contribution in [0.25, 0.3) is 0 Å². The Balaban J connectivity index is 1.74. The predicted octanol–water partition coefficient (Wildman–Crippen LogP) is 4.63. The number of rotatable bonds is 7. The normalized spacial score (nSPS) is 11.8. The molecule has 2 aromatic rings. The molecule has 0 unspecified atom stereocenters. The molecule has 0 spiro atoms. The number of carbonyl (C=O) groups is 1. The lowest BCUT2D eigenvalue weighted by Gasteiger charge is -2.14.